The quantitative estimate of drug-likeness (QED) is 0.308. The molecular formula is C28H28FNO5P+. The molecule has 3 unspecified atom stereocenters. The Balaban J connectivity index is 2.37. The van der Waals surface area contributed by atoms with Crippen molar-refractivity contribution >= 4 is 14.0 Å². The number of rotatable bonds is 8. The molecule has 0 aliphatic heterocycles. The molecule has 0 spiro atoms. The Labute approximate surface area is 211 Å². The molecule has 2 N–H and O–H groups in total. The molecule has 186 valence electrons. The van der Waals surface area contributed by atoms with Gasteiger partial charge in [-0.15, -0.1) is 4.52 Å². The molecule has 0 fully saturated rings. The molecule has 0 saturated carbocycles. The molecule has 6 nitrogen and oxygen atoms in total. The van der Waals surface area contributed by atoms with E-state index in [2.05, 4.69) is 16.8 Å². The van der Waals surface area contributed by atoms with Crippen molar-refractivity contribution in [2.24, 2.45) is 5.92 Å². The van der Waals surface area contributed by atoms with E-state index in [1.54, 1.807) is 32.9 Å². The Kier molecular flexibility index (Phi) is 8.37. The molecule has 8 heteroatoms. The summed E-state index contributed by atoms with van der Waals surface area (Å²) in [5.74, 6) is 3.02. The van der Waals surface area contributed by atoms with Crippen LogP contribution in [0.3, 0.4) is 0 Å². The maximum atomic E-state index is 14.0. The third-order valence-corrected chi connectivity index (χ3v) is 7.37. The van der Waals surface area contributed by atoms with Crippen LogP contribution >= 0.6 is 8.03 Å². The van der Waals surface area contributed by atoms with Crippen molar-refractivity contribution in [2.45, 2.75) is 37.9 Å². The second-order valence-corrected chi connectivity index (χ2v) is 10.3. The lowest BCUT2D eigenvalue weighted by Crippen LogP contribution is -2.56. The molecule has 3 rings (SSSR count). The van der Waals surface area contributed by atoms with E-state index in [9.17, 15) is 24.0 Å². The predicted octanol–water partition coefficient (Wildman–Crippen LogP) is 5.50. The first-order valence-corrected chi connectivity index (χ1v) is 12.5. The van der Waals surface area contributed by atoms with Crippen LogP contribution in [0.2, 0.25) is 0 Å². The van der Waals surface area contributed by atoms with Crippen LogP contribution in [0.4, 0.5) is 4.39 Å². The number of nitrogens with zero attached hydrogens (tertiary/aromatic N) is 1. The Hall–Kier alpha value is -3.43. The highest BCUT2D eigenvalue weighted by molar-refractivity contribution is 7.43. The number of aromatic nitrogens is 1. The number of hydrogen-bond acceptors (Lipinski definition) is 5. The molecule has 0 radical (unpaired) electrons. The molecule has 0 aliphatic rings. The average Bonchev–Trinajstić information content (AvgIpc) is 2.86. The number of benzene rings is 2. The Morgan fingerprint density at radius 1 is 1.14 bits per heavy atom. The van der Waals surface area contributed by atoms with Crippen LogP contribution in [0.25, 0.3) is 11.3 Å². The number of carboxylic acids is 1. The highest BCUT2D eigenvalue weighted by Crippen LogP contribution is 2.53. The van der Waals surface area contributed by atoms with Crippen molar-refractivity contribution in [2.75, 3.05) is 7.11 Å². The number of pyridine rings is 1. The lowest BCUT2D eigenvalue weighted by molar-refractivity contribution is -0.146. The van der Waals surface area contributed by atoms with E-state index >= 15 is 0 Å². The summed E-state index contributed by atoms with van der Waals surface area (Å²) < 4.78 is 32.4. The molecule has 0 aliphatic carbocycles. The Bertz CT molecular complexity index is 1330. The molecule has 2 aromatic carbocycles. The van der Waals surface area contributed by atoms with E-state index in [-0.39, 0.29) is 18.0 Å². The summed E-state index contributed by atoms with van der Waals surface area (Å²) in [5.41, 5.74) is -0.521. The molecule has 0 bridgehead atoms. The van der Waals surface area contributed by atoms with Gasteiger partial charge in [-0.1, -0.05) is 68.3 Å². The van der Waals surface area contributed by atoms with Gasteiger partial charge >= 0.3 is 19.2 Å². The third-order valence-electron chi connectivity index (χ3n) is 5.81. The van der Waals surface area contributed by atoms with Gasteiger partial charge in [0.05, 0.1) is 18.5 Å². The zero-order chi connectivity index (χ0) is 26.5. The summed E-state index contributed by atoms with van der Waals surface area (Å²) in [6, 6.07) is 18.2. The number of hydrogen-bond donors (Lipinski definition) is 2. The highest BCUT2D eigenvalue weighted by atomic mass is 31.1. The van der Waals surface area contributed by atoms with Gasteiger partial charge in [-0.05, 0) is 46.7 Å². The molecule has 1 heterocycles. The lowest BCUT2D eigenvalue weighted by Gasteiger charge is -2.33. The second-order valence-electron chi connectivity index (χ2n) is 8.77. The van der Waals surface area contributed by atoms with Crippen molar-refractivity contribution in [1.29, 1.82) is 0 Å². The molecule has 1 aromatic heterocycles. The van der Waals surface area contributed by atoms with Crippen LogP contribution in [0.5, 0.6) is 0 Å². The average molecular weight is 509 g/mol. The number of aryl methyl sites for hydroxylation is 1. The fourth-order valence-corrected chi connectivity index (χ4v) is 5.03. The van der Waals surface area contributed by atoms with Gasteiger partial charge in [0.2, 0.25) is 0 Å². The minimum Gasteiger partial charge on any atom is -0.477 e. The number of carboxylic acid groups (broad SMARTS) is 1. The number of aliphatic carboxylic acids is 1. The summed E-state index contributed by atoms with van der Waals surface area (Å²) in [4.78, 5) is 17.5. The number of halogens is 1. The largest absolute Gasteiger partial charge is 0.543 e. The minimum atomic E-state index is -3.07. The summed E-state index contributed by atoms with van der Waals surface area (Å²) in [7, 11) is -1.97. The molecule has 36 heavy (non-hydrogen) atoms. The fraction of sp³-hybridized carbons (Fsp3) is 0.286. The van der Waals surface area contributed by atoms with Crippen LogP contribution < -0.4 is 0 Å². The van der Waals surface area contributed by atoms with Gasteiger partial charge in [-0.25, -0.2) is 14.2 Å². The van der Waals surface area contributed by atoms with E-state index in [0.717, 1.165) is 12.7 Å². The lowest BCUT2D eigenvalue weighted by atomic mass is 9.78. The predicted molar refractivity (Wildman–Crippen MR) is 136 cm³/mol. The van der Waals surface area contributed by atoms with Gasteiger partial charge in [0.25, 0.3) is 0 Å². The molecule has 0 amide bonds. The Morgan fingerprint density at radius 2 is 1.83 bits per heavy atom. The van der Waals surface area contributed by atoms with Crippen molar-refractivity contribution in [1.82, 2.24) is 4.98 Å². The van der Waals surface area contributed by atoms with Crippen LogP contribution in [0.15, 0.2) is 66.7 Å². The fourth-order valence-electron chi connectivity index (χ4n) is 3.94. The Morgan fingerprint density at radius 3 is 2.42 bits per heavy atom. The first-order valence-electron chi connectivity index (χ1n) is 11.3. The standard InChI is InChI=1S/C28H27FNO5P/c1-19(2)15-16-28(26(31)32,36(34)35-4)27(33,18-21-13-14-23(29)20(3)17-21)25-12-8-11-24(30-25)22-9-6-5-7-10-22/h5-14,17,19,33H,18H2,1-4H3/p+1. The maximum Gasteiger partial charge on any atom is 0.543 e. The summed E-state index contributed by atoms with van der Waals surface area (Å²) in [5, 5.41) is 20.3. The monoisotopic (exact) mass is 508 g/mol. The zero-order valence-electron chi connectivity index (χ0n) is 20.5. The van der Waals surface area contributed by atoms with Crippen LogP contribution in [0, 0.1) is 30.5 Å². The van der Waals surface area contributed by atoms with Gasteiger partial charge in [0, 0.05) is 17.9 Å². The maximum absolute atomic E-state index is 14.0. The topological polar surface area (TPSA) is 96.7 Å². The van der Waals surface area contributed by atoms with Crippen LogP contribution in [0.1, 0.15) is 30.7 Å². The van der Waals surface area contributed by atoms with E-state index in [1.807, 2.05) is 30.3 Å². The van der Waals surface area contributed by atoms with E-state index in [1.165, 1.54) is 24.3 Å². The van der Waals surface area contributed by atoms with E-state index in [4.69, 9.17) is 4.52 Å². The van der Waals surface area contributed by atoms with Crippen molar-refractivity contribution in [3.63, 3.8) is 0 Å². The van der Waals surface area contributed by atoms with Crippen molar-refractivity contribution in [3.8, 4) is 23.1 Å². The minimum absolute atomic E-state index is 0.0494. The van der Waals surface area contributed by atoms with Gasteiger partial charge in [0.15, 0.2) is 5.60 Å². The van der Waals surface area contributed by atoms with E-state index in [0.29, 0.717) is 16.8 Å². The van der Waals surface area contributed by atoms with Crippen LogP contribution in [-0.2, 0) is 25.9 Å². The third kappa shape index (κ3) is 5.22. The van der Waals surface area contributed by atoms with Gasteiger partial charge in [0.1, 0.15) is 5.82 Å². The zero-order valence-corrected chi connectivity index (χ0v) is 21.4. The van der Waals surface area contributed by atoms with Crippen LogP contribution in [-0.4, -0.2) is 33.4 Å². The van der Waals surface area contributed by atoms with Gasteiger partial charge in [-0.3, -0.25) is 0 Å². The van der Waals surface area contributed by atoms with Gasteiger partial charge < -0.3 is 10.2 Å². The number of carbonyl (C=O) groups is 1. The molecule has 3 aromatic rings. The normalized spacial score (nSPS) is 14.8. The molecule has 0 saturated heterocycles. The van der Waals surface area contributed by atoms with Crippen molar-refractivity contribution < 1.29 is 28.5 Å². The smallest absolute Gasteiger partial charge is 0.477 e. The second kappa shape index (κ2) is 11.1. The first-order chi connectivity index (χ1) is 17.0. The number of aliphatic hydroxyl groups is 1. The summed E-state index contributed by atoms with van der Waals surface area (Å²) in [6.07, 6.45) is -0.358. The molecule has 3 atom stereocenters. The van der Waals surface area contributed by atoms with Crippen molar-refractivity contribution in [3.05, 3.63) is 89.4 Å². The SMILES string of the molecule is CO[P+](=O)C(C#CC(C)C)(C(=O)O)C(O)(Cc1ccc(F)c(C)c1)c1cccc(-c2ccccc2)n1. The van der Waals surface area contributed by atoms with Gasteiger partial charge in [-0.2, -0.15) is 0 Å². The highest BCUT2D eigenvalue weighted by Gasteiger charge is 2.72. The van der Waals surface area contributed by atoms with E-state index < -0.39 is 30.6 Å². The summed E-state index contributed by atoms with van der Waals surface area (Å²) >= 11 is 0. The summed E-state index contributed by atoms with van der Waals surface area (Å²) in [6.45, 7) is 5.05. The molecular weight excluding hydrogens is 480 g/mol. The first kappa shape index (κ1) is 27.2.